The van der Waals surface area contributed by atoms with Crippen molar-refractivity contribution in [1.29, 1.82) is 0 Å². The zero-order chi connectivity index (χ0) is 18.8. The van der Waals surface area contributed by atoms with E-state index in [9.17, 15) is 9.18 Å². The standard InChI is InChI=1S/C22H14ClFO3/c23-16-3-1-2-15(10-16)11-21-22(25)19-9-8-18(12-20(19)27-21)26-13-14-4-6-17(24)7-5-14/h1-12H,13H2/b21-11-. The zero-order valence-electron chi connectivity index (χ0n) is 14.1. The Morgan fingerprint density at radius 2 is 1.85 bits per heavy atom. The van der Waals surface area contributed by atoms with Gasteiger partial charge in [-0.2, -0.15) is 0 Å². The molecule has 3 aromatic rings. The summed E-state index contributed by atoms with van der Waals surface area (Å²) >= 11 is 5.98. The fourth-order valence-electron chi connectivity index (χ4n) is 2.75. The number of rotatable bonds is 4. The van der Waals surface area contributed by atoms with Crippen LogP contribution in [0.2, 0.25) is 5.02 Å². The van der Waals surface area contributed by atoms with Crippen LogP contribution in [0.5, 0.6) is 11.5 Å². The Kier molecular flexibility index (Phi) is 4.65. The van der Waals surface area contributed by atoms with Gasteiger partial charge >= 0.3 is 0 Å². The first-order chi connectivity index (χ1) is 13.1. The third-order valence-electron chi connectivity index (χ3n) is 4.11. The molecule has 0 fully saturated rings. The lowest BCUT2D eigenvalue weighted by atomic mass is 10.1. The number of hydrogen-bond acceptors (Lipinski definition) is 3. The highest BCUT2D eigenvalue weighted by Gasteiger charge is 2.27. The molecule has 0 saturated heterocycles. The predicted octanol–water partition coefficient (Wildman–Crippen LogP) is 5.67. The summed E-state index contributed by atoms with van der Waals surface area (Å²) in [5, 5.41) is 0.587. The molecule has 4 rings (SSSR count). The maximum atomic E-state index is 12.9. The van der Waals surface area contributed by atoms with E-state index < -0.39 is 0 Å². The number of benzene rings is 3. The van der Waals surface area contributed by atoms with E-state index >= 15 is 0 Å². The summed E-state index contributed by atoms with van der Waals surface area (Å²) < 4.78 is 24.4. The summed E-state index contributed by atoms with van der Waals surface area (Å²) in [6.45, 7) is 0.290. The second-order valence-electron chi connectivity index (χ2n) is 6.07. The number of carbonyl (C=O) groups is 1. The molecule has 1 aliphatic rings. The number of ketones is 1. The Labute approximate surface area is 160 Å². The van der Waals surface area contributed by atoms with Gasteiger partial charge in [-0.15, -0.1) is 0 Å². The molecule has 3 aromatic carbocycles. The first-order valence-corrected chi connectivity index (χ1v) is 8.67. The Balaban J connectivity index is 1.51. The molecule has 0 spiro atoms. The minimum atomic E-state index is -0.290. The predicted molar refractivity (Wildman–Crippen MR) is 102 cm³/mol. The molecule has 0 N–H and O–H groups in total. The van der Waals surface area contributed by atoms with Crippen molar-refractivity contribution in [2.45, 2.75) is 6.61 Å². The lowest BCUT2D eigenvalue weighted by Gasteiger charge is -2.07. The highest BCUT2D eigenvalue weighted by Crippen LogP contribution is 2.35. The van der Waals surface area contributed by atoms with E-state index in [2.05, 4.69) is 0 Å². The largest absolute Gasteiger partial charge is 0.489 e. The van der Waals surface area contributed by atoms with Gasteiger partial charge in [-0.25, -0.2) is 4.39 Å². The third-order valence-corrected chi connectivity index (χ3v) is 4.34. The van der Waals surface area contributed by atoms with Gasteiger partial charge in [-0.3, -0.25) is 4.79 Å². The van der Waals surface area contributed by atoms with Gasteiger partial charge < -0.3 is 9.47 Å². The molecule has 0 bridgehead atoms. The van der Waals surface area contributed by atoms with Crippen LogP contribution in [0.15, 0.2) is 72.5 Å². The normalized spacial score (nSPS) is 14.1. The van der Waals surface area contributed by atoms with Crippen molar-refractivity contribution in [2.75, 3.05) is 0 Å². The molecule has 1 aliphatic heterocycles. The van der Waals surface area contributed by atoms with E-state index in [0.717, 1.165) is 11.1 Å². The number of carbonyl (C=O) groups excluding carboxylic acids is 1. The molecule has 3 nitrogen and oxygen atoms in total. The highest BCUT2D eigenvalue weighted by atomic mass is 35.5. The van der Waals surface area contributed by atoms with Gasteiger partial charge in [0.15, 0.2) is 5.76 Å². The van der Waals surface area contributed by atoms with Crippen molar-refractivity contribution in [3.05, 3.63) is 100 Å². The topological polar surface area (TPSA) is 35.5 Å². The van der Waals surface area contributed by atoms with Crippen LogP contribution < -0.4 is 9.47 Å². The molecule has 0 aliphatic carbocycles. The summed E-state index contributed by atoms with van der Waals surface area (Å²) in [4.78, 5) is 12.5. The minimum Gasteiger partial charge on any atom is -0.489 e. The number of fused-ring (bicyclic) bond motifs is 1. The Morgan fingerprint density at radius 3 is 2.63 bits per heavy atom. The van der Waals surface area contributed by atoms with E-state index in [1.165, 1.54) is 12.1 Å². The lowest BCUT2D eigenvalue weighted by molar-refractivity contribution is 0.101. The smallest absolute Gasteiger partial charge is 0.231 e. The molecule has 0 atom stereocenters. The summed E-state index contributed by atoms with van der Waals surface area (Å²) in [5.74, 6) is 0.778. The average Bonchev–Trinajstić information content (AvgIpc) is 2.96. The fourth-order valence-corrected chi connectivity index (χ4v) is 2.95. The van der Waals surface area contributed by atoms with E-state index in [4.69, 9.17) is 21.1 Å². The van der Waals surface area contributed by atoms with Gasteiger partial charge in [0.05, 0.1) is 5.56 Å². The molecule has 0 unspecified atom stereocenters. The van der Waals surface area contributed by atoms with E-state index in [-0.39, 0.29) is 24.0 Å². The van der Waals surface area contributed by atoms with Crippen LogP contribution in [0.3, 0.4) is 0 Å². The van der Waals surface area contributed by atoms with Crippen molar-refractivity contribution < 1.29 is 18.7 Å². The zero-order valence-corrected chi connectivity index (χ0v) is 14.9. The monoisotopic (exact) mass is 380 g/mol. The van der Waals surface area contributed by atoms with Gasteiger partial charge in [0.2, 0.25) is 5.78 Å². The number of hydrogen-bond donors (Lipinski definition) is 0. The van der Waals surface area contributed by atoms with Crippen LogP contribution in [-0.4, -0.2) is 5.78 Å². The molecule has 5 heteroatoms. The van der Waals surface area contributed by atoms with Gasteiger partial charge in [-0.05, 0) is 53.6 Å². The minimum absolute atomic E-state index is 0.185. The third kappa shape index (κ3) is 3.86. The molecule has 0 saturated carbocycles. The number of Topliss-reactive ketones (excluding diaryl/α,β-unsaturated/α-hetero) is 1. The Morgan fingerprint density at radius 1 is 1.04 bits per heavy atom. The van der Waals surface area contributed by atoms with E-state index in [0.29, 0.717) is 22.1 Å². The van der Waals surface area contributed by atoms with Gasteiger partial charge in [0.1, 0.15) is 23.9 Å². The van der Waals surface area contributed by atoms with Crippen LogP contribution in [0.1, 0.15) is 21.5 Å². The number of allylic oxidation sites excluding steroid dienone is 1. The van der Waals surface area contributed by atoms with Crippen molar-refractivity contribution in [1.82, 2.24) is 0 Å². The van der Waals surface area contributed by atoms with Crippen LogP contribution >= 0.6 is 11.6 Å². The van der Waals surface area contributed by atoms with Gasteiger partial charge in [0, 0.05) is 11.1 Å². The lowest BCUT2D eigenvalue weighted by Crippen LogP contribution is -1.98. The summed E-state index contributed by atoms with van der Waals surface area (Å²) in [6, 6.07) is 18.3. The van der Waals surface area contributed by atoms with Crippen molar-refractivity contribution in [3.8, 4) is 11.5 Å². The molecule has 27 heavy (non-hydrogen) atoms. The van der Waals surface area contributed by atoms with Crippen molar-refractivity contribution >= 4 is 23.5 Å². The van der Waals surface area contributed by atoms with Crippen molar-refractivity contribution in [2.24, 2.45) is 0 Å². The first kappa shape index (κ1) is 17.3. The highest BCUT2D eigenvalue weighted by molar-refractivity contribution is 6.30. The molecule has 1 heterocycles. The first-order valence-electron chi connectivity index (χ1n) is 8.29. The Bertz CT molecular complexity index is 1040. The summed E-state index contributed by atoms with van der Waals surface area (Å²) in [5.41, 5.74) is 2.11. The molecule has 0 aromatic heterocycles. The summed E-state index contributed by atoms with van der Waals surface area (Å²) in [7, 11) is 0. The second-order valence-corrected chi connectivity index (χ2v) is 6.50. The fraction of sp³-hybridized carbons (Fsp3) is 0.0455. The molecular weight excluding hydrogens is 367 g/mol. The van der Waals surface area contributed by atoms with Crippen LogP contribution in [-0.2, 0) is 6.61 Å². The van der Waals surface area contributed by atoms with Crippen LogP contribution in [0.25, 0.3) is 6.08 Å². The summed E-state index contributed by atoms with van der Waals surface area (Å²) in [6.07, 6.45) is 1.66. The van der Waals surface area contributed by atoms with Gasteiger partial charge in [-0.1, -0.05) is 35.9 Å². The molecule has 0 radical (unpaired) electrons. The Hall–Kier alpha value is -3.11. The maximum Gasteiger partial charge on any atom is 0.231 e. The van der Waals surface area contributed by atoms with Gasteiger partial charge in [0.25, 0.3) is 0 Å². The maximum absolute atomic E-state index is 12.9. The number of ether oxygens (including phenoxy) is 2. The van der Waals surface area contributed by atoms with Crippen LogP contribution in [0, 0.1) is 5.82 Å². The average molecular weight is 381 g/mol. The van der Waals surface area contributed by atoms with Crippen LogP contribution in [0.4, 0.5) is 4.39 Å². The van der Waals surface area contributed by atoms with Crippen molar-refractivity contribution in [3.63, 3.8) is 0 Å². The second kappa shape index (κ2) is 7.25. The molecule has 0 amide bonds. The molecular formula is C22H14ClFO3. The quantitative estimate of drug-likeness (QED) is 0.547. The number of halogens is 2. The SMILES string of the molecule is O=C1/C(=C/c2cccc(Cl)c2)Oc2cc(OCc3ccc(F)cc3)ccc21. The van der Waals surface area contributed by atoms with E-state index in [1.54, 1.807) is 48.5 Å². The molecule has 134 valence electrons. The van der Waals surface area contributed by atoms with E-state index in [1.807, 2.05) is 12.1 Å².